The highest BCUT2D eigenvalue weighted by atomic mass is 35.5. The maximum atomic E-state index is 14.2. The minimum absolute atomic E-state index is 0.0491. The second-order valence-corrected chi connectivity index (χ2v) is 12.1. The molecule has 0 radical (unpaired) electrons. The Bertz CT molecular complexity index is 1550. The van der Waals surface area contributed by atoms with Crippen LogP contribution in [0, 0.1) is 23.6 Å². The Labute approximate surface area is 243 Å². The van der Waals surface area contributed by atoms with Crippen molar-refractivity contribution in [3.8, 4) is 5.75 Å². The number of carboxylic acids is 1. The van der Waals surface area contributed by atoms with Gasteiger partial charge in [0.15, 0.2) is 9.75 Å². The van der Waals surface area contributed by atoms with Crippen molar-refractivity contribution in [2.75, 3.05) is 11.4 Å². The first kappa shape index (κ1) is 27.4. The monoisotopic (exact) mass is 600 g/mol. The first-order valence-corrected chi connectivity index (χ1v) is 13.7. The lowest BCUT2D eigenvalue weighted by molar-refractivity contribution is -0.142. The smallest absolute Gasteiger partial charge is 0.305 e. The standard InChI is InChI=1S/C29H23Cl2FN2O7/c30-28-13-20-18(9-10-19-22(20)25(39)33(24(19)38)12-11-21(36)37)23(14-1-7-17(35)8-2-14)29(28,31)27(41)34(26(28)40)16-5-3-15(32)4-6-16/h1-9,19-20,22-23,35H,10-13H2,(H,36,37). The van der Waals surface area contributed by atoms with E-state index in [9.17, 15) is 33.5 Å². The number of benzene rings is 2. The summed E-state index contributed by atoms with van der Waals surface area (Å²) >= 11 is 14.4. The molecule has 4 aliphatic rings. The number of nitrogens with zero attached hydrogens (tertiary/aromatic N) is 2. The normalized spacial score (nSPS) is 32.5. The summed E-state index contributed by atoms with van der Waals surface area (Å²) in [6.07, 6.45) is 1.25. The van der Waals surface area contributed by atoms with Crippen LogP contribution in [0.15, 0.2) is 60.2 Å². The molecule has 12 heteroatoms. The topological polar surface area (TPSA) is 132 Å². The summed E-state index contributed by atoms with van der Waals surface area (Å²) in [7, 11) is 0. The van der Waals surface area contributed by atoms with Crippen LogP contribution in [0.3, 0.4) is 0 Å². The molecule has 9 nitrogen and oxygen atoms in total. The second-order valence-electron chi connectivity index (χ2n) is 10.8. The number of carbonyl (C=O) groups excluding carboxylic acids is 4. The number of amides is 4. The van der Waals surface area contributed by atoms with Crippen LogP contribution in [0.2, 0.25) is 0 Å². The third-order valence-electron chi connectivity index (χ3n) is 8.76. The number of carbonyl (C=O) groups is 5. The lowest BCUT2D eigenvalue weighted by Crippen LogP contribution is -2.60. The van der Waals surface area contributed by atoms with Gasteiger partial charge in [0, 0.05) is 12.5 Å². The van der Waals surface area contributed by atoms with E-state index in [0.717, 1.165) is 21.9 Å². The summed E-state index contributed by atoms with van der Waals surface area (Å²) in [5.74, 6) is -8.01. The Morgan fingerprint density at radius 3 is 2.24 bits per heavy atom. The summed E-state index contributed by atoms with van der Waals surface area (Å²) in [6.45, 7) is -0.287. The van der Waals surface area contributed by atoms with Gasteiger partial charge in [-0.05, 0) is 60.7 Å². The predicted octanol–water partition coefficient (Wildman–Crippen LogP) is 3.57. The van der Waals surface area contributed by atoms with Crippen LogP contribution in [0.4, 0.5) is 10.1 Å². The van der Waals surface area contributed by atoms with Crippen molar-refractivity contribution < 1.29 is 38.6 Å². The number of imide groups is 2. The van der Waals surface area contributed by atoms with E-state index in [4.69, 9.17) is 28.3 Å². The fourth-order valence-electron chi connectivity index (χ4n) is 6.93. The molecule has 0 spiro atoms. The van der Waals surface area contributed by atoms with Gasteiger partial charge in [0.25, 0.3) is 11.8 Å². The van der Waals surface area contributed by atoms with Gasteiger partial charge in [-0.2, -0.15) is 0 Å². The van der Waals surface area contributed by atoms with Crippen molar-refractivity contribution in [3.63, 3.8) is 0 Å². The Hall–Kier alpha value is -3.76. The maximum absolute atomic E-state index is 14.2. The lowest BCUT2D eigenvalue weighted by atomic mass is 9.56. The third-order valence-corrected chi connectivity index (χ3v) is 10.2. The van der Waals surface area contributed by atoms with E-state index in [-0.39, 0.29) is 30.8 Å². The number of likely N-dealkylation sites (tertiary alicyclic amines) is 1. The molecule has 0 aromatic heterocycles. The molecule has 1 saturated carbocycles. The number of rotatable bonds is 5. The molecule has 2 aromatic carbocycles. The molecule has 2 aromatic rings. The van der Waals surface area contributed by atoms with Crippen LogP contribution in [0.5, 0.6) is 5.75 Å². The van der Waals surface area contributed by atoms with Gasteiger partial charge in [-0.3, -0.25) is 28.9 Å². The number of aliphatic carboxylic acids is 1. The van der Waals surface area contributed by atoms with Crippen LogP contribution in [-0.2, 0) is 24.0 Å². The van der Waals surface area contributed by atoms with Crippen LogP contribution in [0.1, 0.15) is 30.7 Å². The summed E-state index contributed by atoms with van der Waals surface area (Å²) < 4.78 is 13.7. The highest BCUT2D eigenvalue weighted by Gasteiger charge is 2.76. The predicted molar refractivity (Wildman–Crippen MR) is 144 cm³/mol. The molecule has 6 rings (SSSR count). The van der Waals surface area contributed by atoms with Crippen molar-refractivity contribution in [2.45, 2.75) is 34.9 Å². The fraction of sp³-hybridized carbons (Fsp3) is 0.345. The molecule has 2 saturated heterocycles. The van der Waals surface area contributed by atoms with E-state index >= 15 is 0 Å². The minimum Gasteiger partial charge on any atom is -0.508 e. The van der Waals surface area contributed by atoms with E-state index in [1.54, 1.807) is 18.2 Å². The molecule has 2 heterocycles. The number of aromatic hydroxyl groups is 1. The quantitative estimate of drug-likeness (QED) is 0.304. The van der Waals surface area contributed by atoms with Crippen molar-refractivity contribution >= 4 is 58.5 Å². The van der Waals surface area contributed by atoms with Crippen molar-refractivity contribution in [1.82, 2.24) is 4.90 Å². The maximum Gasteiger partial charge on any atom is 0.305 e. The number of hydrogen-bond donors (Lipinski definition) is 2. The highest BCUT2D eigenvalue weighted by Crippen LogP contribution is 2.65. The molecule has 4 amide bonds. The number of phenols is 1. The number of anilines is 1. The molecule has 2 aliphatic carbocycles. The SMILES string of the molecule is O=C(O)CCN1C(=O)C2CC=C3C(CC4(Cl)C(=O)N(c5ccc(F)cc5)C(=O)C4(Cl)C3c3ccc(O)cc3)C2C1=O. The second kappa shape index (κ2) is 9.39. The lowest BCUT2D eigenvalue weighted by Gasteiger charge is -2.50. The zero-order valence-corrected chi connectivity index (χ0v) is 22.8. The van der Waals surface area contributed by atoms with Crippen molar-refractivity contribution in [1.29, 1.82) is 0 Å². The van der Waals surface area contributed by atoms with Gasteiger partial charge in [-0.1, -0.05) is 23.8 Å². The number of halogens is 3. The van der Waals surface area contributed by atoms with Gasteiger partial charge < -0.3 is 10.2 Å². The van der Waals surface area contributed by atoms with Gasteiger partial charge in [0.2, 0.25) is 11.8 Å². The largest absolute Gasteiger partial charge is 0.508 e. The number of alkyl halides is 2. The molecule has 6 atom stereocenters. The van der Waals surface area contributed by atoms with Crippen LogP contribution in [-0.4, -0.2) is 61.0 Å². The Morgan fingerprint density at radius 1 is 0.951 bits per heavy atom. The molecule has 3 fully saturated rings. The fourth-order valence-corrected chi connectivity index (χ4v) is 7.87. The van der Waals surface area contributed by atoms with Gasteiger partial charge in [-0.15, -0.1) is 23.2 Å². The number of hydrogen-bond acceptors (Lipinski definition) is 6. The molecule has 2 aliphatic heterocycles. The first-order chi connectivity index (χ1) is 19.4. The third kappa shape index (κ3) is 3.76. The number of fused-ring (bicyclic) bond motifs is 4. The molecule has 6 unspecified atom stereocenters. The zero-order valence-electron chi connectivity index (χ0n) is 21.3. The Balaban J connectivity index is 1.50. The minimum atomic E-state index is -2.07. The average Bonchev–Trinajstić information content (AvgIpc) is 3.26. The summed E-state index contributed by atoms with van der Waals surface area (Å²) in [6, 6.07) is 10.6. The van der Waals surface area contributed by atoms with E-state index in [1.807, 2.05) is 0 Å². The summed E-state index contributed by atoms with van der Waals surface area (Å²) in [5.41, 5.74) is 1.09. The van der Waals surface area contributed by atoms with E-state index in [0.29, 0.717) is 11.1 Å². The van der Waals surface area contributed by atoms with Crippen molar-refractivity contribution in [3.05, 3.63) is 71.6 Å². The first-order valence-electron chi connectivity index (χ1n) is 13.0. The highest BCUT2D eigenvalue weighted by molar-refractivity contribution is 6.58. The Kier molecular flexibility index (Phi) is 6.28. The molecular weight excluding hydrogens is 578 g/mol. The average molecular weight is 601 g/mol. The molecule has 212 valence electrons. The van der Waals surface area contributed by atoms with Crippen LogP contribution >= 0.6 is 23.2 Å². The molecular formula is C29H23Cl2FN2O7. The van der Waals surface area contributed by atoms with Gasteiger partial charge >= 0.3 is 5.97 Å². The van der Waals surface area contributed by atoms with E-state index in [1.165, 1.54) is 24.3 Å². The van der Waals surface area contributed by atoms with Crippen LogP contribution in [0.25, 0.3) is 0 Å². The number of carboxylic acid groups (broad SMARTS) is 1. The molecule has 2 N–H and O–H groups in total. The molecule has 41 heavy (non-hydrogen) atoms. The number of allylic oxidation sites excluding steroid dienone is 2. The molecule has 0 bridgehead atoms. The van der Waals surface area contributed by atoms with E-state index in [2.05, 4.69) is 0 Å². The van der Waals surface area contributed by atoms with Crippen molar-refractivity contribution in [2.24, 2.45) is 17.8 Å². The summed E-state index contributed by atoms with van der Waals surface area (Å²) in [5, 5.41) is 19.1. The Morgan fingerprint density at radius 2 is 1.61 bits per heavy atom. The van der Waals surface area contributed by atoms with E-state index < -0.39 is 75.3 Å². The summed E-state index contributed by atoms with van der Waals surface area (Å²) in [4.78, 5) is 63.9. The zero-order chi connectivity index (χ0) is 29.4. The van der Waals surface area contributed by atoms with Crippen LogP contribution < -0.4 is 4.90 Å². The van der Waals surface area contributed by atoms with Gasteiger partial charge in [0.05, 0.1) is 23.9 Å². The number of phenolic OH excluding ortho intramolecular Hbond substituents is 1. The van der Waals surface area contributed by atoms with Gasteiger partial charge in [-0.25, -0.2) is 9.29 Å². The van der Waals surface area contributed by atoms with Gasteiger partial charge in [0.1, 0.15) is 11.6 Å².